The van der Waals surface area contributed by atoms with Gasteiger partial charge in [-0.25, -0.2) is 9.10 Å². The molecular formula is C20H21ClN4O3S. The van der Waals surface area contributed by atoms with Gasteiger partial charge >= 0.3 is 5.76 Å². The summed E-state index contributed by atoms with van der Waals surface area (Å²) in [5.41, 5.74) is 3.80. The van der Waals surface area contributed by atoms with Crippen LogP contribution < -0.4 is 16.0 Å². The second-order valence-electron chi connectivity index (χ2n) is 7.10. The van der Waals surface area contributed by atoms with Gasteiger partial charge in [-0.1, -0.05) is 11.6 Å². The van der Waals surface area contributed by atoms with Gasteiger partial charge in [0.2, 0.25) is 0 Å². The number of piperazine rings is 1. The maximum Gasteiger partial charge on any atom is 0.417 e. The third-order valence-corrected chi connectivity index (χ3v) is 6.41. The summed E-state index contributed by atoms with van der Waals surface area (Å²) in [5, 5.41) is 3.44. The molecule has 2 aromatic carbocycles. The van der Waals surface area contributed by atoms with E-state index in [0.29, 0.717) is 16.8 Å². The molecule has 1 aliphatic heterocycles. The van der Waals surface area contributed by atoms with E-state index in [4.69, 9.17) is 16.0 Å². The first-order valence-corrected chi connectivity index (χ1v) is 10.4. The number of aromatic nitrogens is 1. The number of hydrogen-bond donors (Lipinski definition) is 2. The van der Waals surface area contributed by atoms with Gasteiger partial charge in [0.1, 0.15) is 0 Å². The summed E-state index contributed by atoms with van der Waals surface area (Å²) in [4.78, 5) is 28.6. The number of aromatic amines is 1. The van der Waals surface area contributed by atoms with E-state index in [1.54, 1.807) is 18.2 Å². The molecule has 4 rings (SSSR count). The lowest BCUT2D eigenvalue weighted by molar-refractivity contribution is 0.267. The predicted octanol–water partition coefficient (Wildman–Crippen LogP) is 4.47. The Morgan fingerprint density at radius 1 is 1.28 bits per heavy atom. The Bertz CT molecular complexity index is 1110. The Morgan fingerprint density at radius 2 is 2.10 bits per heavy atom. The summed E-state index contributed by atoms with van der Waals surface area (Å²) < 4.78 is 7.12. The van der Waals surface area contributed by atoms with Gasteiger partial charge in [-0.05, 0) is 49.7 Å². The summed E-state index contributed by atoms with van der Waals surface area (Å²) in [6.45, 7) is 6.51. The number of amides is 1. The molecule has 1 unspecified atom stereocenters. The molecule has 1 fully saturated rings. The van der Waals surface area contributed by atoms with Crippen LogP contribution in [-0.4, -0.2) is 40.2 Å². The number of H-pyrrole nitrogens is 1. The first-order chi connectivity index (χ1) is 13.9. The Kier molecular flexibility index (Phi) is 5.58. The van der Waals surface area contributed by atoms with Gasteiger partial charge < -0.3 is 14.6 Å². The van der Waals surface area contributed by atoms with E-state index in [0.717, 1.165) is 35.9 Å². The zero-order valence-electron chi connectivity index (χ0n) is 16.1. The number of aryl methyl sites for hydroxylation is 1. The van der Waals surface area contributed by atoms with Crippen molar-refractivity contribution < 1.29 is 9.21 Å². The molecule has 9 heteroatoms. The topological polar surface area (TPSA) is 81.6 Å². The number of carbonyl (C=O) groups is 1. The first kappa shape index (κ1) is 19.9. The minimum Gasteiger partial charge on any atom is -0.408 e. The zero-order chi connectivity index (χ0) is 20.5. The standard InChI is InChI=1S/C20H21ClN4O3S/c1-12-9-15(4-5-16(12)21)24-7-8-25(13(2)11-24)29-20(27)22-14-3-6-17-18(10-14)28-19(26)23-17/h3-6,9-10,13H,7-8,11H2,1-2H3,(H,22,27)(H,23,26). The number of hydrogen-bond acceptors (Lipinski definition) is 6. The van der Waals surface area contributed by atoms with E-state index < -0.39 is 5.76 Å². The lowest BCUT2D eigenvalue weighted by Crippen LogP contribution is -2.49. The molecule has 2 heterocycles. The van der Waals surface area contributed by atoms with Crippen molar-refractivity contribution in [2.24, 2.45) is 0 Å². The molecule has 1 aliphatic rings. The van der Waals surface area contributed by atoms with Crippen molar-refractivity contribution in [3.05, 3.63) is 57.5 Å². The molecule has 1 saturated heterocycles. The van der Waals surface area contributed by atoms with E-state index in [1.165, 1.54) is 11.9 Å². The van der Waals surface area contributed by atoms with E-state index >= 15 is 0 Å². The van der Waals surface area contributed by atoms with Crippen molar-refractivity contribution in [1.29, 1.82) is 0 Å². The summed E-state index contributed by atoms with van der Waals surface area (Å²) in [6, 6.07) is 11.3. The predicted molar refractivity (Wildman–Crippen MR) is 118 cm³/mol. The summed E-state index contributed by atoms with van der Waals surface area (Å²) in [6.07, 6.45) is 0. The van der Waals surface area contributed by atoms with Crippen molar-refractivity contribution in [3.63, 3.8) is 0 Å². The smallest absolute Gasteiger partial charge is 0.408 e. The number of fused-ring (bicyclic) bond motifs is 1. The highest BCUT2D eigenvalue weighted by atomic mass is 35.5. The Morgan fingerprint density at radius 3 is 2.86 bits per heavy atom. The Labute approximate surface area is 177 Å². The van der Waals surface area contributed by atoms with E-state index in [9.17, 15) is 9.59 Å². The molecule has 2 N–H and O–H groups in total. The number of rotatable bonds is 3. The van der Waals surface area contributed by atoms with Crippen LogP contribution in [0.2, 0.25) is 5.02 Å². The molecule has 0 radical (unpaired) electrons. The lowest BCUT2D eigenvalue weighted by Gasteiger charge is -2.39. The van der Waals surface area contributed by atoms with Gasteiger partial charge in [0.15, 0.2) is 5.58 Å². The fraction of sp³-hybridized carbons (Fsp3) is 0.300. The molecular weight excluding hydrogens is 412 g/mol. The Hall–Kier alpha value is -2.42. The highest BCUT2D eigenvalue weighted by Gasteiger charge is 2.26. The van der Waals surface area contributed by atoms with Gasteiger partial charge in [0.25, 0.3) is 5.24 Å². The highest BCUT2D eigenvalue weighted by Crippen LogP contribution is 2.28. The van der Waals surface area contributed by atoms with Crippen LogP contribution in [0.1, 0.15) is 12.5 Å². The van der Waals surface area contributed by atoms with Gasteiger partial charge in [-0.15, -0.1) is 0 Å². The number of nitrogens with one attached hydrogen (secondary N) is 2. The second kappa shape index (κ2) is 8.14. The summed E-state index contributed by atoms with van der Waals surface area (Å²) in [5.74, 6) is -0.513. The van der Waals surface area contributed by atoms with Gasteiger partial charge in [0.05, 0.1) is 5.52 Å². The second-order valence-corrected chi connectivity index (χ2v) is 8.53. The van der Waals surface area contributed by atoms with Crippen molar-refractivity contribution >= 4 is 51.3 Å². The monoisotopic (exact) mass is 432 g/mol. The first-order valence-electron chi connectivity index (χ1n) is 9.28. The highest BCUT2D eigenvalue weighted by molar-refractivity contribution is 8.11. The van der Waals surface area contributed by atoms with Gasteiger partial charge in [0, 0.05) is 60.1 Å². The van der Waals surface area contributed by atoms with Crippen LogP contribution in [0.3, 0.4) is 0 Å². The van der Waals surface area contributed by atoms with Crippen LogP contribution in [-0.2, 0) is 0 Å². The SMILES string of the molecule is Cc1cc(N2CCN(SC(=O)Nc3ccc4[nH]c(=O)oc4c3)C(C)C2)ccc1Cl. The lowest BCUT2D eigenvalue weighted by atomic mass is 10.1. The number of benzene rings is 2. The maximum absolute atomic E-state index is 12.5. The van der Waals surface area contributed by atoms with Crippen molar-refractivity contribution in [3.8, 4) is 0 Å². The van der Waals surface area contributed by atoms with Crippen LogP contribution in [0, 0.1) is 6.92 Å². The average molecular weight is 433 g/mol. The largest absolute Gasteiger partial charge is 0.417 e. The van der Waals surface area contributed by atoms with Crippen LogP contribution in [0.25, 0.3) is 11.1 Å². The number of halogens is 1. The fourth-order valence-electron chi connectivity index (χ4n) is 3.41. The molecule has 29 heavy (non-hydrogen) atoms. The minimum atomic E-state index is -0.513. The third-order valence-electron chi connectivity index (χ3n) is 4.94. The third kappa shape index (κ3) is 4.44. The number of carbonyl (C=O) groups excluding carboxylic acids is 1. The minimum absolute atomic E-state index is 0.176. The average Bonchev–Trinajstić information content (AvgIpc) is 3.05. The number of oxazole rings is 1. The normalized spacial score (nSPS) is 17.6. The van der Waals surface area contributed by atoms with Crippen molar-refractivity contribution in [1.82, 2.24) is 9.29 Å². The number of nitrogens with zero attached hydrogens (tertiary/aromatic N) is 2. The molecule has 0 aliphatic carbocycles. The molecule has 1 atom stereocenters. The zero-order valence-corrected chi connectivity index (χ0v) is 17.6. The number of anilines is 2. The molecule has 0 bridgehead atoms. The van der Waals surface area contributed by atoms with E-state index in [-0.39, 0.29) is 11.3 Å². The molecule has 1 amide bonds. The van der Waals surface area contributed by atoms with Crippen LogP contribution in [0.15, 0.2) is 45.6 Å². The van der Waals surface area contributed by atoms with Crippen LogP contribution in [0.4, 0.5) is 16.2 Å². The molecule has 0 saturated carbocycles. The Balaban J connectivity index is 1.36. The summed E-state index contributed by atoms with van der Waals surface area (Å²) >= 11 is 7.30. The quantitative estimate of drug-likeness (QED) is 0.594. The van der Waals surface area contributed by atoms with Gasteiger partial charge in [-0.3, -0.25) is 9.78 Å². The molecule has 3 aromatic rings. The van der Waals surface area contributed by atoms with Crippen molar-refractivity contribution in [2.45, 2.75) is 19.9 Å². The van der Waals surface area contributed by atoms with Crippen LogP contribution in [0.5, 0.6) is 0 Å². The molecule has 0 spiro atoms. The molecule has 1 aromatic heterocycles. The van der Waals surface area contributed by atoms with Gasteiger partial charge in [-0.2, -0.15) is 0 Å². The molecule has 152 valence electrons. The van der Waals surface area contributed by atoms with E-state index in [2.05, 4.69) is 32.5 Å². The van der Waals surface area contributed by atoms with Crippen LogP contribution >= 0.6 is 23.5 Å². The maximum atomic E-state index is 12.5. The molecule has 7 nitrogen and oxygen atoms in total. The van der Waals surface area contributed by atoms with E-state index in [1.807, 2.05) is 19.1 Å². The fourth-order valence-corrected chi connectivity index (χ4v) is 4.32. The van der Waals surface area contributed by atoms with Crippen molar-refractivity contribution in [2.75, 3.05) is 29.9 Å². The summed E-state index contributed by atoms with van der Waals surface area (Å²) in [7, 11) is 0.